The lowest BCUT2D eigenvalue weighted by Gasteiger charge is -2.26. The summed E-state index contributed by atoms with van der Waals surface area (Å²) in [5.74, 6) is 0.874. The van der Waals surface area contributed by atoms with Gasteiger partial charge in [0, 0.05) is 19.6 Å². The number of aliphatic imine (C=N–C) groups is 1. The third kappa shape index (κ3) is 8.23. The van der Waals surface area contributed by atoms with Gasteiger partial charge in [-0.3, -0.25) is 9.69 Å². The Labute approximate surface area is 191 Å². The Balaban J connectivity index is 1.51. The molecule has 0 bridgehead atoms. The summed E-state index contributed by atoms with van der Waals surface area (Å²) in [5.41, 5.74) is 8.72. The molecule has 0 atom stereocenters. The van der Waals surface area contributed by atoms with Crippen LogP contribution >= 0.6 is 0 Å². The van der Waals surface area contributed by atoms with Crippen molar-refractivity contribution in [1.82, 2.24) is 15.5 Å². The van der Waals surface area contributed by atoms with E-state index in [1.54, 1.807) is 6.07 Å². The van der Waals surface area contributed by atoms with Crippen LogP contribution in [0.15, 0.2) is 53.5 Å². The van der Waals surface area contributed by atoms with Gasteiger partial charge in [-0.25, -0.2) is 4.99 Å². The van der Waals surface area contributed by atoms with Crippen LogP contribution in [0.3, 0.4) is 0 Å². The lowest BCUT2D eigenvalue weighted by molar-refractivity contribution is -0.119. The normalized spacial score (nSPS) is 14.7. The van der Waals surface area contributed by atoms with E-state index in [9.17, 15) is 4.79 Å². The smallest absolute Gasteiger partial charge is 0.255 e. The number of likely N-dealkylation sites (tertiary alicyclic amines) is 1. The quantitative estimate of drug-likeness (QED) is 0.393. The second kappa shape index (κ2) is 12.7. The second-order valence-corrected chi connectivity index (χ2v) is 8.10. The van der Waals surface area contributed by atoms with Gasteiger partial charge in [0.15, 0.2) is 12.6 Å². The molecular formula is C25H35N5O2. The Kier molecular flexibility index (Phi) is 9.37. The number of carbonyl (C=O) groups is 1. The van der Waals surface area contributed by atoms with Gasteiger partial charge in [-0.1, -0.05) is 42.8 Å². The maximum atomic E-state index is 10.9. The van der Waals surface area contributed by atoms with E-state index >= 15 is 0 Å². The fraction of sp³-hybridized carbons (Fsp3) is 0.440. The number of nitrogens with two attached hydrogens (primary N) is 1. The van der Waals surface area contributed by atoms with E-state index in [0.717, 1.165) is 24.6 Å². The van der Waals surface area contributed by atoms with E-state index in [1.807, 2.05) is 25.1 Å². The predicted molar refractivity (Wildman–Crippen MR) is 128 cm³/mol. The van der Waals surface area contributed by atoms with Gasteiger partial charge in [0.1, 0.15) is 5.75 Å². The molecule has 2 aromatic carbocycles. The molecular weight excluding hydrogens is 402 g/mol. The Morgan fingerprint density at radius 3 is 2.50 bits per heavy atom. The molecule has 1 aliphatic heterocycles. The number of benzene rings is 2. The highest BCUT2D eigenvalue weighted by molar-refractivity contribution is 5.79. The highest BCUT2D eigenvalue weighted by Crippen LogP contribution is 2.15. The fourth-order valence-electron chi connectivity index (χ4n) is 3.72. The van der Waals surface area contributed by atoms with Gasteiger partial charge < -0.3 is 21.1 Å². The van der Waals surface area contributed by atoms with Crippen molar-refractivity contribution < 1.29 is 9.53 Å². The number of guanidine groups is 1. The average molecular weight is 438 g/mol. The van der Waals surface area contributed by atoms with Gasteiger partial charge in [-0.2, -0.15) is 0 Å². The number of piperidine rings is 1. The lowest BCUT2D eigenvalue weighted by Crippen LogP contribution is -2.36. The van der Waals surface area contributed by atoms with Crippen LogP contribution in [0.2, 0.25) is 0 Å². The molecule has 3 rings (SSSR count). The first-order chi connectivity index (χ1) is 15.6. The number of hydrogen-bond acceptors (Lipinski definition) is 4. The first-order valence-electron chi connectivity index (χ1n) is 11.4. The molecule has 1 heterocycles. The number of hydrogen-bond donors (Lipinski definition) is 3. The number of ether oxygens (including phenoxy) is 1. The molecule has 0 saturated carbocycles. The van der Waals surface area contributed by atoms with E-state index < -0.39 is 5.91 Å². The van der Waals surface area contributed by atoms with Crippen LogP contribution in [0.25, 0.3) is 0 Å². The molecule has 4 N–H and O–H groups in total. The van der Waals surface area contributed by atoms with Crippen molar-refractivity contribution in [3.63, 3.8) is 0 Å². The lowest BCUT2D eigenvalue weighted by atomic mass is 10.1. The molecule has 1 aliphatic rings. The van der Waals surface area contributed by atoms with Crippen molar-refractivity contribution in [3.05, 3.63) is 65.2 Å². The maximum absolute atomic E-state index is 10.9. The Hall–Kier alpha value is -3.06. The molecule has 0 aliphatic carbocycles. The minimum atomic E-state index is -0.494. The van der Waals surface area contributed by atoms with Gasteiger partial charge in [-0.05, 0) is 61.7 Å². The molecule has 0 radical (unpaired) electrons. The third-order valence-electron chi connectivity index (χ3n) is 5.38. The SMILES string of the molecule is CCNC(=NCc1cccc(OCC(N)=O)c1)NCc1ccc(CN2CCCCC2)cc1. The molecule has 32 heavy (non-hydrogen) atoms. The van der Waals surface area contributed by atoms with Crippen LogP contribution in [-0.4, -0.2) is 43.0 Å². The highest BCUT2D eigenvalue weighted by Gasteiger charge is 2.10. The summed E-state index contributed by atoms with van der Waals surface area (Å²) in [4.78, 5) is 18.1. The first kappa shape index (κ1) is 23.6. The zero-order valence-corrected chi connectivity index (χ0v) is 19.0. The Morgan fingerprint density at radius 1 is 1.03 bits per heavy atom. The second-order valence-electron chi connectivity index (χ2n) is 8.10. The molecule has 2 aromatic rings. The first-order valence-corrected chi connectivity index (χ1v) is 11.4. The minimum absolute atomic E-state index is 0.131. The predicted octanol–water partition coefficient (Wildman–Crippen LogP) is 2.79. The minimum Gasteiger partial charge on any atom is -0.484 e. The summed E-state index contributed by atoms with van der Waals surface area (Å²) >= 11 is 0. The van der Waals surface area contributed by atoms with Crippen LogP contribution in [-0.2, 0) is 24.4 Å². The van der Waals surface area contributed by atoms with Crippen molar-refractivity contribution in [2.45, 2.75) is 45.8 Å². The molecule has 0 spiro atoms. The number of amides is 1. The topological polar surface area (TPSA) is 92.0 Å². The largest absolute Gasteiger partial charge is 0.484 e. The summed E-state index contributed by atoms with van der Waals surface area (Å²) in [6, 6.07) is 16.4. The van der Waals surface area contributed by atoms with E-state index in [0.29, 0.717) is 18.8 Å². The maximum Gasteiger partial charge on any atom is 0.255 e. The summed E-state index contributed by atoms with van der Waals surface area (Å²) in [6.45, 7) is 7.37. The molecule has 7 nitrogen and oxygen atoms in total. The summed E-state index contributed by atoms with van der Waals surface area (Å²) < 4.78 is 5.37. The van der Waals surface area contributed by atoms with Crippen molar-refractivity contribution in [2.24, 2.45) is 10.7 Å². The molecule has 0 aromatic heterocycles. The van der Waals surface area contributed by atoms with E-state index in [2.05, 4.69) is 44.8 Å². The van der Waals surface area contributed by atoms with Gasteiger partial charge >= 0.3 is 0 Å². The molecule has 0 unspecified atom stereocenters. The number of nitrogens with zero attached hydrogens (tertiary/aromatic N) is 2. The van der Waals surface area contributed by atoms with Crippen molar-refractivity contribution in [1.29, 1.82) is 0 Å². The van der Waals surface area contributed by atoms with Gasteiger partial charge in [-0.15, -0.1) is 0 Å². The molecule has 1 saturated heterocycles. The van der Waals surface area contributed by atoms with E-state index in [4.69, 9.17) is 10.5 Å². The monoisotopic (exact) mass is 437 g/mol. The van der Waals surface area contributed by atoms with Crippen molar-refractivity contribution in [2.75, 3.05) is 26.2 Å². The van der Waals surface area contributed by atoms with Crippen molar-refractivity contribution in [3.8, 4) is 5.75 Å². The van der Waals surface area contributed by atoms with Crippen LogP contribution < -0.4 is 21.1 Å². The van der Waals surface area contributed by atoms with E-state index in [-0.39, 0.29) is 6.61 Å². The Bertz CT molecular complexity index is 876. The van der Waals surface area contributed by atoms with Crippen molar-refractivity contribution >= 4 is 11.9 Å². The van der Waals surface area contributed by atoms with Gasteiger partial charge in [0.25, 0.3) is 5.91 Å². The third-order valence-corrected chi connectivity index (χ3v) is 5.38. The molecule has 1 fully saturated rings. The van der Waals surface area contributed by atoms with Crippen LogP contribution in [0.5, 0.6) is 5.75 Å². The van der Waals surface area contributed by atoms with Crippen LogP contribution in [0.4, 0.5) is 0 Å². The summed E-state index contributed by atoms with van der Waals surface area (Å²) in [7, 11) is 0. The summed E-state index contributed by atoms with van der Waals surface area (Å²) in [5, 5.41) is 6.68. The van der Waals surface area contributed by atoms with E-state index in [1.165, 1.54) is 43.5 Å². The molecule has 172 valence electrons. The average Bonchev–Trinajstić information content (AvgIpc) is 2.81. The fourth-order valence-corrected chi connectivity index (χ4v) is 3.72. The van der Waals surface area contributed by atoms with Gasteiger partial charge in [0.05, 0.1) is 6.54 Å². The Morgan fingerprint density at radius 2 is 1.78 bits per heavy atom. The zero-order chi connectivity index (χ0) is 22.6. The van der Waals surface area contributed by atoms with Gasteiger partial charge in [0.2, 0.25) is 0 Å². The number of primary amides is 1. The molecule has 7 heteroatoms. The standard InChI is InChI=1S/C25H35N5O2/c1-2-27-25(29-17-22-7-6-8-23(15-22)32-19-24(26)31)28-16-20-9-11-21(12-10-20)18-30-13-4-3-5-14-30/h6-12,15H,2-5,13-14,16-19H2,1H3,(H2,26,31)(H2,27,28,29). The summed E-state index contributed by atoms with van der Waals surface area (Å²) in [6.07, 6.45) is 4.00. The van der Waals surface area contributed by atoms with Crippen LogP contribution in [0, 0.1) is 0 Å². The zero-order valence-electron chi connectivity index (χ0n) is 19.0. The van der Waals surface area contributed by atoms with Crippen LogP contribution in [0.1, 0.15) is 42.9 Å². The number of rotatable bonds is 10. The molecule has 1 amide bonds. The number of nitrogens with one attached hydrogen (secondary N) is 2. The highest BCUT2D eigenvalue weighted by atomic mass is 16.5. The number of carbonyl (C=O) groups excluding carboxylic acids is 1.